The molecule has 0 unspecified atom stereocenters. The van der Waals surface area contributed by atoms with Crippen LogP contribution < -0.4 is 4.90 Å². The van der Waals surface area contributed by atoms with Crippen molar-refractivity contribution in [3.05, 3.63) is 94.4 Å². The number of nitrogens with zero attached hydrogens (tertiary/aromatic N) is 2. The zero-order valence-electron chi connectivity index (χ0n) is 13.6. The van der Waals surface area contributed by atoms with Gasteiger partial charge in [0.05, 0.1) is 6.54 Å². The first kappa shape index (κ1) is 17.1. The Labute approximate surface area is 150 Å². The van der Waals surface area contributed by atoms with Crippen molar-refractivity contribution in [3.63, 3.8) is 0 Å². The quantitative estimate of drug-likeness (QED) is 0.658. The van der Waals surface area contributed by atoms with Crippen molar-refractivity contribution in [3.8, 4) is 0 Å². The van der Waals surface area contributed by atoms with Crippen LogP contribution in [-0.2, 0) is 6.54 Å². The molecule has 0 aliphatic carbocycles. The lowest BCUT2D eigenvalue weighted by Gasteiger charge is -2.23. The molecule has 0 aliphatic rings. The predicted molar refractivity (Wildman–Crippen MR) is 97.3 cm³/mol. The highest BCUT2D eigenvalue weighted by Crippen LogP contribution is 2.25. The van der Waals surface area contributed by atoms with Gasteiger partial charge in [-0.3, -0.25) is 9.69 Å². The van der Waals surface area contributed by atoms with Gasteiger partial charge in [0.15, 0.2) is 0 Å². The zero-order valence-corrected chi connectivity index (χ0v) is 14.4. The molecular weight excluding hydrogens is 339 g/mol. The molecule has 0 fully saturated rings. The molecule has 3 nitrogen and oxygen atoms in total. The van der Waals surface area contributed by atoms with Crippen LogP contribution in [0.2, 0.25) is 5.02 Å². The van der Waals surface area contributed by atoms with Crippen LogP contribution in [0.5, 0.6) is 0 Å². The average molecular weight is 355 g/mol. The number of carbonyl (C=O) groups is 1. The maximum atomic E-state index is 14.2. The molecule has 25 heavy (non-hydrogen) atoms. The van der Waals surface area contributed by atoms with Crippen LogP contribution in [0.25, 0.3) is 0 Å². The average Bonchev–Trinajstić information content (AvgIpc) is 2.62. The van der Waals surface area contributed by atoms with E-state index in [1.54, 1.807) is 42.6 Å². The predicted octanol–water partition coefficient (Wildman–Crippen LogP) is 5.03. The van der Waals surface area contributed by atoms with Crippen LogP contribution in [0.1, 0.15) is 21.5 Å². The molecule has 0 saturated heterocycles. The molecule has 3 rings (SSSR count). The molecule has 0 bridgehead atoms. The van der Waals surface area contributed by atoms with Crippen molar-refractivity contribution < 1.29 is 9.18 Å². The molecule has 1 amide bonds. The van der Waals surface area contributed by atoms with E-state index in [9.17, 15) is 9.18 Å². The van der Waals surface area contributed by atoms with Crippen molar-refractivity contribution in [1.29, 1.82) is 0 Å². The Bertz CT molecular complexity index is 879. The van der Waals surface area contributed by atoms with E-state index in [0.717, 1.165) is 5.56 Å². The molecule has 0 N–H and O–H groups in total. The molecule has 0 spiro atoms. The Morgan fingerprint density at radius 1 is 1.08 bits per heavy atom. The fourth-order valence-electron chi connectivity index (χ4n) is 2.57. The molecule has 2 aromatic carbocycles. The number of benzene rings is 2. The van der Waals surface area contributed by atoms with Crippen LogP contribution in [0.15, 0.2) is 66.9 Å². The molecule has 126 valence electrons. The van der Waals surface area contributed by atoms with Gasteiger partial charge in [0.2, 0.25) is 0 Å². The minimum absolute atomic E-state index is 0.00428. The number of hydrogen-bond donors (Lipinski definition) is 0. The fourth-order valence-corrected chi connectivity index (χ4v) is 2.79. The first-order valence-corrected chi connectivity index (χ1v) is 8.17. The van der Waals surface area contributed by atoms with Gasteiger partial charge in [0, 0.05) is 22.3 Å². The maximum Gasteiger partial charge on any atom is 0.260 e. The molecule has 0 saturated carbocycles. The van der Waals surface area contributed by atoms with Crippen LogP contribution in [-0.4, -0.2) is 10.9 Å². The Morgan fingerprint density at radius 2 is 1.84 bits per heavy atom. The molecule has 0 radical (unpaired) electrons. The highest BCUT2D eigenvalue weighted by Gasteiger charge is 2.22. The van der Waals surface area contributed by atoms with Crippen LogP contribution in [0.4, 0.5) is 10.2 Å². The van der Waals surface area contributed by atoms with E-state index in [4.69, 9.17) is 11.6 Å². The topological polar surface area (TPSA) is 33.2 Å². The number of aryl methyl sites for hydroxylation is 1. The largest absolute Gasteiger partial charge is 0.288 e. The van der Waals surface area contributed by atoms with Gasteiger partial charge >= 0.3 is 0 Å². The van der Waals surface area contributed by atoms with Crippen LogP contribution in [0.3, 0.4) is 0 Å². The number of carbonyl (C=O) groups excluding carboxylic acids is 1. The zero-order chi connectivity index (χ0) is 17.8. The molecule has 0 atom stereocenters. The number of anilines is 1. The monoisotopic (exact) mass is 354 g/mol. The third-order valence-corrected chi connectivity index (χ3v) is 4.28. The minimum atomic E-state index is -0.453. The van der Waals surface area contributed by atoms with Crippen LogP contribution >= 0.6 is 11.6 Å². The second-order valence-corrected chi connectivity index (χ2v) is 6.00. The van der Waals surface area contributed by atoms with Gasteiger partial charge in [-0.25, -0.2) is 9.37 Å². The molecule has 3 aromatic rings. The molecule has 0 aliphatic heterocycles. The SMILES string of the molecule is Cc1ccccc1C(=O)N(Cc1c(F)cccc1Cl)c1ccccn1. The van der Waals surface area contributed by atoms with Gasteiger partial charge in [-0.1, -0.05) is 41.9 Å². The van der Waals surface area contributed by atoms with E-state index < -0.39 is 5.82 Å². The summed E-state index contributed by atoms with van der Waals surface area (Å²) in [5.74, 6) is -0.266. The van der Waals surface area contributed by atoms with Crippen LogP contribution in [0, 0.1) is 12.7 Å². The number of halogens is 2. The van der Waals surface area contributed by atoms with E-state index in [1.165, 1.54) is 17.0 Å². The second-order valence-electron chi connectivity index (χ2n) is 5.59. The highest BCUT2D eigenvalue weighted by molar-refractivity contribution is 6.31. The van der Waals surface area contributed by atoms with E-state index in [2.05, 4.69) is 4.98 Å². The first-order valence-electron chi connectivity index (χ1n) is 7.79. The second kappa shape index (κ2) is 7.45. The summed E-state index contributed by atoms with van der Waals surface area (Å²) < 4.78 is 14.2. The van der Waals surface area contributed by atoms with Gasteiger partial charge in [-0.2, -0.15) is 0 Å². The summed E-state index contributed by atoms with van der Waals surface area (Å²) in [5.41, 5.74) is 1.64. The normalized spacial score (nSPS) is 10.5. The summed E-state index contributed by atoms with van der Waals surface area (Å²) >= 11 is 6.14. The number of hydrogen-bond acceptors (Lipinski definition) is 2. The molecule has 1 heterocycles. The first-order chi connectivity index (χ1) is 12.1. The standard InChI is InChI=1S/C20H16ClFN2O/c1-14-7-2-3-8-15(14)20(25)24(19-11-4-5-12-23-19)13-16-17(21)9-6-10-18(16)22/h2-12H,13H2,1H3. The number of amides is 1. The van der Waals surface area contributed by atoms with Gasteiger partial charge in [0.1, 0.15) is 11.6 Å². The van der Waals surface area contributed by atoms with Gasteiger partial charge in [-0.15, -0.1) is 0 Å². The van der Waals surface area contributed by atoms with Crippen molar-refractivity contribution >= 4 is 23.3 Å². The number of pyridine rings is 1. The third kappa shape index (κ3) is 3.69. The maximum absolute atomic E-state index is 14.2. The summed E-state index contributed by atoms with van der Waals surface area (Å²) in [6.45, 7) is 1.86. The summed E-state index contributed by atoms with van der Waals surface area (Å²) in [4.78, 5) is 18.8. The van der Waals surface area contributed by atoms with Crippen molar-refractivity contribution in [2.75, 3.05) is 4.90 Å². The highest BCUT2D eigenvalue weighted by atomic mass is 35.5. The van der Waals surface area contributed by atoms with Gasteiger partial charge < -0.3 is 0 Å². The Morgan fingerprint density at radius 3 is 2.52 bits per heavy atom. The third-order valence-electron chi connectivity index (χ3n) is 3.92. The summed E-state index contributed by atoms with van der Waals surface area (Å²) in [7, 11) is 0. The molecule has 5 heteroatoms. The molecule has 1 aromatic heterocycles. The van der Waals surface area contributed by atoms with Crippen molar-refractivity contribution in [2.24, 2.45) is 0 Å². The van der Waals surface area contributed by atoms with Gasteiger partial charge in [0.25, 0.3) is 5.91 Å². The number of aromatic nitrogens is 1. The smallest absolute Gasteiger partial charge is 0.260 e. The van der Waals surface area contributed by atoms with E-state index in [-0.39, 0.29) is 23.0 Å². The van der Waals surface area contributed by atoms with E-state index in [0.29, 0.717) is 11.4 Å². The summed E-state index contributed by atoms with van der Waals surface area (Å²) in [6.07, 6.45) is 1.59. The minimum Gasteiger partial charge on any atom is -0.288 e. The Hall–Kier alpha value is -2.72. The summed E-state index contributed by atoms with van der Waals surface area (Å²) in [6, 6.07) is 17.0. The Kier molecular flexibility index (Phi) is 5.10. The molecular formula is C20H16ClFN2O. The van der Waals surface area contributed by atoms with E-state index in [1.807, 2.05) is 19.1 Å². The lowest BCUT2D eigenvalue weighted by atomic mass is 10.1. The number of rotatable bonds is 4. The lowest BCUT2D eigenvalue weighted by Crippen LogP contribution is -2.32. The lowest BCUT2D eigenvalue weighted by molar-refractivity contribution is 0.0983. The fraction of sp³-hybridized carbons (Fsp3) is 0.100. The summed E-state index contributed by atoms with van der Waals surface area (Å²) in [5, 5.41) is 0.276. The van der Waals surface area contributed by atoms with Crippen molar-refractivity contribution in [2.45, 2.75) is 13.5 Å². The van der Waals surface area contributed by atoms with Gasteiger partial charge in [-0.05, 0) is 42.8 Å². The Balaban J connectivity index is 2.05. The van der Waals surface area contributed by atoms with Crippen molar-refractivity contribution in [1.82, 2.24) is 4.98 Å². The van der Waals surface area contributed by atoms with E-state index >= 15 is 0 Å².